The van der Waals surface area contributed by atoms with Crippen LogP contribution in [0.2, 0.25) is 0 Å². The third kappa shape index (κ3) is 3.28. The number of carbonyl (C=O) groups excluding carboxylic acids is 1. The molecule has 0 aliphatic carbocycles. The summed E-state index contributed by atoms with van der Waals surface area (Å²) in [5, 5.41) is 12.0. The van der Waals surface area contributed by atoms with E-state index < -0.39 is 0 Å². The van der Waals surface area contributed by atoms with Crippen LogP contribution in [0.15, 0.2) is 29.6 Å². The fraction of sp³-hybridized carbons (Fsp3) is 0.294. The lowest BCUT2D eigenvalue weighted by Crippen LogP contribution is -2.14. The first-order valence-electron chi connectivity index (χ1n) is 7.50. The number of benzene rings is 1. The number of aromatic hydroxyl groups is 1. The third-order valence-corrected chi connectivity index (χ3v) is 4.56. The fourth-order valence-corrected chi connectivity index (χ4v) is 3.19. The van der Waals surface area contributed by atoms with E-state index in [0.29, 0.717) is 28.8 Å². The maximum absolute atomic E-state index is 12.5. The zero-order valence-corrected chi connectivity index (χ0v) is 14.0. The quantitative estimate of drug-likeness (QED) is 0.679. The average molecular weight is 329 g/mol. The van der Waals surface area contributed by atoms with Crippen LogP contribution in [0.25, 0.3) is 21.7 Å². The Morgan fingerprint density at radius 2 is 2.17 bits per heavy atom. The molecule has 6 heteroatoms. The molecule has 3 aromatic rings. The van der Waals surface area contributed by atoms with Crippen molar-refractivity contribution < 1.29 is 9.90 Å². The Bertz CT molecular complexity index is 822. The number of imidazole rings is 1. The summed E-state index contributed by atoms with van der Waals surface area (Å²) in [5.74, 6) is 0.847. The summed E-state index contributed by atoms with van der Waals surface area (Å²) < 4.78 is 0. The highest BCUT2D eigenvalue weighted by Gasteiger charge is 2.17. The topological polar surface area (TPSA) is 69.2 Å². The van der Waals surface area contributed by atoms with Crippen LogP contribution in [0.1, 0.15) is 23.2 Å². The van der Waals surface area contributed by atoms with E-state index >= 15 is 0 Å². The second-order valence-corrected chi connectivity index (χ2v) is 6.70. The Hall–Kier alpha value is -2.18. The van der Waals surface area contributed by atoms with Gasteiger partial charge in [0.1, 0.15) is 22.6 Å². The van der Waals surface area contributed by atoms with Gasteiger partial charge in [0.05, 0.1) is 4.88 Å². The summed E-state index contributed by atoms with van der Waals surface area (Å²) in [7, 11) is 3.98. The van der Waals surface area contributed by atoms with E-state index in [0.717, 1.165) is 17.8 Å². The van der Waals surface area contributed by atoms with Gasteiger partial charge in [0, 0.05) is 12.0 Å². The number of nitrogens with zero attached hydrogens (tertiary/aromatic N) is 2. The molecule has 0 amide bonds. The average Bonchev–Trinajstić information content (AvgIpc) is 3.16. The predicted octanol–water partition coefficient (Wildman–Crippen LogP) is 3.52. The van der Waals surface area contributed by atoms with Crippen molar-refractivity contribution >= 4 is 28.2 Å². The molecule has 23 heavy (non-hydrogen) atoms. The molecule has 0 unspecified atom stereocenters. The number of phenolic OH excluding ortho intramolecular Hbond substituents is 1. The number of nitrogens with one attached hydrogen (secondary N) is 1. The van der Waals surface area contributed by atoms with Gasteiger partial charge >= 0.3 is 0 Å². The van der Waals surface area contributed by atoms with Gasteiger partial charge in [0.25, 0.3) is 0 Å². The first-order valence-corrected chi connectivity index (χ1v) is 8.37. The van der Waals surface area contributed by atoms with Crippen molar-refractivity contribution in [3.63, 3.8) is 0 Å². The zero-order chi connectivity index (χ0) is 16.4. The highest BCUT2D eigenvalue weighted by atomic mass is 32.1. The van der Waals surface area contributed by atoms with E-state index in [1.165, 1.54) is 0 Å². The predicted molar refractivity (Wildman–Crippen MR) is 93.2 cm³/mol. The number of fused-ring (bicyclic) bond motifs is 1. The number of ketones is 1. The molecular formula is C17H19N3O2S. The minimum atomic E-state index is 0.0566. The SMILES string of the molecule is CN(C)CCCC(=O)c1ccc(O)c2[nH]c(-c3cccs3)nc12. The first kappa shape index (κ1) is 15.7. The largest absolute Gasteiger partial charge is 0.506 e. The van der Waals surface area contributed by atoms with Crippen LogP contribution < -0.4 is 0 Å². The number of H-pyrrole nitrogens is 1. The van der Waals surface area contributed by atoms with Gasteiger partial charge in [-0.3, -0.25) is 4.79 Å². The van der Waals surface area contributed by atoms with Gasteiger partial charge in [-0.15, -0.1) is 11.3 Å². The Balaban J connectivity index is 1.94. The van der Waals surface area contributed by atoms with Crippen LogP contribution in [-0.4, -0.2) is 46.4 Å². The normalized spacial score (nSPS) is 11.4. The zero-order valence-electron chi connectivity index (χ0n) is 13.2. The van der Waals surface area contributed by atoms with Crippen molar-refractivity contribution in [3.05, 3.63) is 35.2 Å². The molecule has 0 radical (unpaired) electrons. The summed E-state index contributed by atoms with van der Waals surface area (Å²) in [5.41, 5.74) is 1.63. The molecule has 0 saturated carbocycles. The molecule has 2 aromatic heterocycles. The minimum Gasteiger partial charge on any atom is -0.506 e. The number of aromatic nitrogens is 2. The molecule has 5 nitrogen and oxygen atoms in total. The smallest absolute Gasteiger partial charge is 0.165 e. The minimum absolute atomic E-state index is 0.0566. The van der Waals surface area contributed by atoms with Crippen molar-refractivity contribution in [3.8, 4) is 16.5 Å². The second kappa shape index (κ2) is 6.52. The molecule has 0 saturated heterocycles. The number of aromatic amines is 1. The van der Waals surface area contributed by atoms with Gasteiger partial charge in [-0.25, -0.2) is 4.98 Å². The highest BCUT2D eigenvalue weighted by molar-refractivity contribution is 7.13. The summed E-state index contributed by atoms with van der Waals surface area (Å²) >= 11 is 1.56. The molecule has 0 atom stereocenters. The summed E-state index contributed by atoms with van der Waals surface area (Å²) in [4.78, 5) is 23.2. The van der Waals surface area contributed by atoms with Crippen LogP contribution in [0, 0.1) is 0 Å². The number of hydrogen-bond acceptors (Lipinski definition) is 5. The van der Waals surface area contributed by atoms with Crippen LogP contribution in [0.5, 0.6) is 5.75 Å². The Morgan fingerprint density at radius 3 is 2.87 bits per heavy atom. The van der Waals surface area contributed by atoms with E-state index in [-0.39, 0.29) is 11.5 Å². The lowest BCUT2D eigenvalue weighted by atomic mass is 10.0. The molecule has 2 heterocycles. The Kier molecular flexibility index (Phi) is 4.45. The number of rotatable bonds is 6. The van der Waals surface area contributed by atoms with Crippen LogP contribution in [-0.2, 0) is 0 Å². The molecule has 120 valence electrons. The van der Waals surface area contributed by atoms with Crippen molar-refractivity contribution in [1.82, 2.24) is 14.9 Å². The highest BCUT2D eigenvalue weighted by Crippen LogP contribution is 2.31. The van der Waals surface area contributed by atoms with Crippen molar-refractivity contribution in [2.24, 2.45) is 0 Å². The van der Waals surface area contributed by atoms with E-state index in [2.05, 4.69) is 14.9 Å². The van der Waals surface area contributed by atoms with Gasteiger partial charge < -0.3 is 15.0 Å². The molecule has 0 aliphatic heterocycles. The molecule has 0 bridgehead atoms. The van der Waals surface area contributed by atoms with E-state index in [4.69, 9.17) is 0 Å². The van der Waals surface area contributed by atoms with E-state index in [1.54, 1.807) is 23.5 Å². The van der Waals surface area contributed by atoms with Gasteiger partial charge in [-0.05, 0) is 50.6 Å². The summed E-state index contributed by atoms with van der Waals surface area (Å²) in [6, 6.07) is 7.12. The molecule has 0 aliphatic rings. The van der Waals surface area contributed by atoms with Gasteiger partial charge in [-0.2, -0.15) is 0 Å². The van der Waals surface area contributed by atoms with E-state index in [1.807, 2.05) is 31.6 Å². The van der Waals surface area contributed by atoms with Crippen LogP contribution in [0.4, 0.5) is 0 Å². The summed E-state index contributed by atoms with van der Waals surface area (Å²) in [6.45, 7) is 0.869. The molecule has 2 N–H and O–H groups in total. The lowest BCUT2D eigenvalue weighted by molar-refractivity contribution is 0.0979. The molecule has 0 spiro atoms. The first-order chi connectivity index (χ1) is 11.1. The van der Waals surface area contributed by atoms with Crippen molar-refractivity contribution in [2.75, 3.05) is 20.6 Å². The van der Waals surface area contributed by atoms with Gasteiger partial charge in [-0.1, -0.05) is 6.07 Å². The van der Waals surface area contributed by atoms with Gasteiger partial charge in [0.15, 0.2) is 5.78 Å². The van der Waals surface area contributed by atoms with Crippen molar-refractivity contribution in [2.45, 2.75) is 12.8 Å². The third-order valence-electron chi connectivity index (χ3n) is 3.69. The summed E-state index contributed by atoms with van der Waals surface area (Å²) in [6.07, 6.45) is 1.27. The molecule has 0 fully saturated rings. The molecule has 3 rings (SSSR count). The van der Waals surface area contributed by atoms with Crippen LogP contribution >= 0.6 is 11.3 Å². The molecular weight excluding hydrogens is 310 g/mol. The number of carbonyl (C=O) groups is 1. The van der Waals surface area contributed by atoms with E-state index in [9.17, 15) is 9.90 Å². The number of thiophene rings is 1. The number of Topliss-reactive ketones (excluding diaryl/α,β-unsaturated/α-hetero) is 1. The number of phenols is 1. The number of hydrogen-bond donors (Lipinski definition) is 2. The Labute approximate surface area is 138 Å². The Morgan fingerprint density at radius 1 is 1.35 bits per heavy atom. The van der Waals surface area contributed by atoms with Crippen LogP contribution in [0.3, 0.4) is 0 Å². The fourth-order valence-electron chi connectivity index (χ4n) is 2.52. The lowest BCUT2D eigenvalue weighted by Gasteiger charge is -2.08. The van der Waals surface area contributed by atoms with Gasteiger partial charge in [0.2, 0.25) is 0 Å². The molecule has 1 aromatic carbocycles. The monoisotopic (exact) mass is 329 g/mol. The van der Waals surface area contributed by atoms with Crippen molar-refractivity contribution in [1.29, 1.82) is 0 Å². The maximum Gasteiger partial charge on any atom is 0.165 e. The maximum atomic E-state index is 12.5. The second-order valence-electron chi connectivity index (χ2n) is 5.75. The standard InChI is InChI=1S/C17H19N3O2S/c1-20(2)9-3-5-12(21)11-7-8-13(22)16-15(11)18-17(19-16)14-6-4-10-23-14/h4,6-8,10,22H,3,5,9H2,1-2H3,(H,18,19).